The highest BCUT2D eigenvalue weighted by Gasteiger charge is 2.40. The van der Waals surface area contributed by atoms with Crippen LogP contribution in [-0.4, -0.2) is 56.1 Å². The van der Waals surface area contributed by atoms with E-state index in [0.717, 1.165) is 54.8 Å². The number of piperidine rings is 1. The van der Waals surface area contributed by atoms with E-state index in [1.165, 1.54) is 5.56 Å². The molecule has 3 aliphatic heterocycles. The summed E-state index contributed by atoms with van der Waals surface area (Å²) in [6.45, 7) is 3.69. The van der Waals surface area contributed by atoms with Gasteiger partial charge in [-0.3, -0.25) is 4.79 Å². The number of aromatic nitrogens is 1. The highest BCUT2D eigenvalue weighted by molar-refractivity contribution is 5.96. The Hall–Kier alpha value is -3.16. The summed E-state index contributed by atoms with van der Waals surface area (Å²) in [4.78, 5) is 21.9. The Morgan fingerprint density at radius 1 is 0.970 bits per heavy atom. The van der Waals surface area contributed by atoms with E-state index in [2.05, 4.69) is 17.0 Å². The number of carbonyl (C=O) groups excluding carboxylic acids is 1. The van der Waals surface area contributed by atoms with E-state index in [0.29, 0.717) is 25.5 Å². The van der Waals surface area contributed by atoms with E-state index in [4.69, 9.17) is 19.2 Å². The number of benzene rings is 2. The largest absolute Gasteiger partial charge is 0.481 e. The molecule has 3 aliphatic rings. The minimum absolute atomic E-state index is 0.0136. The third-order valence-corrected chi connectivity index (χ3v) is 6.87. The molecule has 0 N–H and O–H groups in total. The average Bonchev–Trinajstić information content (AvgIpc) is 3.50. The van der Waals surface area contributed by atoms with Crippen LogP contribution in [0.4, 0.5) is 11.5 Å². The molecule has 7 nitrogen and oxygen atoms in total. The van der Waals surface area contributed by atoms with E-state index in [9.17, 15) is 4.79 Å². The quantitative estimate of drug-likeness (QED) is 0.612. The number of nitrogens with zero attached hydrogens (tertiary/aromatic N) is 3. The number of pyridine rings is 1. The van der Waals surface area contributed by atoms with E-state index >= 15 is 0 Å². The molecule has 0 atom stereocenters. The minimum Gasteiger partial charge on any atom is -0.481 e. The second-order valence-electron chi connectivity index (χ2n) is 8.80. The van der Waals surface area contributed by atoms with Gasteiger partial charge in [0.1, 0.15) is 17.1 Å². The van der Waals surface area contributed by atoms with Crippen LogP contribution in [0.3, 0.4) is 0 Å². The molecule has 0 bridgehead atoms. The van der Waals surface area contributed by atoms with Gasteiger partial charge in [0.05, 0.1) is 13.2 Å². The molecule has 0 saturated carbocycles. The Kier molecular flexibility index (Phi) is 5.15. The van der Waals surface area contributed by atoms with Gasteiger partial charge in [-0.1, -0.05) is 30.3 Å². The van der Waals surface area contributed by atoms with Crippen molar-refractivity contribution < 1.29 is 19.0 Å². The zero-order valence-electron chi connectivity index (χ0n) is 18.5. The molecule has 2 saturated heterocycles. The lowest BCUT2D eigenvalue weighted by atomic mass is 10.0. The van der Waals surface area contributed by atoms with Gasteiger partial charge in [-0.15, -0.1) is 0 Å². The van der Waals surface area contributed by atoms with Crippen LogP contribution in [0.5, 0.6) is 5.75 Å². The van der Waals surface area contributed by atoms with Crippen LogP contribution >= 0.6 is 0 Å². The predicted molar refractivity (Wildman–Crippen MR) is 126 cm³/mol. The number of amides is 1. The molecule has 1 aromatic heterocycles. The summed E-state index contributed by atoms with van der Waals surface area (Å²) in [7, 11) is 0. The standard InChI is InChI=1S/C26H27N3O4/c30-24(29-13-10-19-4-1-2-6-21(19)29)18-31-22-7-3-5-20-8-9-23(27-25(20)22)28-14-11-26(12-15-28)32-16-17-33-26/h1-9H,10-18H2. The van der Waals surface area contributed by atoms with E-state index in [1.807, 2.05) is 47.4 Å². The first-order valence-electron chi connectivity index (χ1n) is 11.6. The second kappa shape index (κ2) is 8.32. The fraction of sp³-hybridized carbons (Fsp3) is 0.385. The second-order valence-corrected chi connectivity index (χ2v) is 8.80. The van der Waals surface area contributed by atoms with Gasteiger partial charge in [-0.25, -0.2) is 4.98 Å². The number of anilines is 2. The monoisotopic (exact) mass is 445 g/mol. The molecule has 0 unspecified atom stereocenters. The van der Waals surface area contributed by atoms with Gasteiger partial charge >= 0.3 is 0 Å². The fourth-order valence-corrected chi connectivity index (χ4v) is 5.08. The van der Waals surface area contributed by atoms with Crippen molar-refractivity contribution in [2.24, 2.45) is 0 Å². The first-order valence-corrected chi connectivity index (χ1v) is 11.6. The number of para-hydroxylation sites is 2. The van der Waals surface area contributed by atoms with Crippen LogP contribution in [0.15, 0.2) is 54.6 Å². The Balaban J connectivity index is 1.18. The number of rotatable bonds is 4. The molecular formula is C26H27N3O4. The Morgan fingerprint density at radius 2 is 1.79 bits per heavy atom. The normalized spacial score (nSPS) is 19.3. The smallest absolute Gasteiger partial charge is 0.264 e. The molecule has 7 heteroatoms. The van der Waals surface area contributed by atoms with Gasteiger partial charge in [-0.05, 0) is 36.2 Å². The van der Waals surface area contributed by atoms with Crippen LogP contribution in [-0.2, 0) is 20.7 Å². The maximum Gasteiger partial charge on any atom is 0.264 e. The summed E-state index contributed by atoms with van der Waals surface area (Å²) in [5, 5.41) is 0.992. The molecular weight excluding hydrogens is 418 g/mol. The number of hydrogen-bond acceptors (Lipinski definition) is 6. The molecule has 6 rings (SSSR count). The highest BCUT2D eigenvalue weighted by Crippen LogP contribution is 2.34. The number of ether oxygens (including phenoxy) is 3. The topological polar surface area (TPSA) is 64.1 Å². The zero-order chi connectivity index (χ0) is 22.3. The lowest BCUT2D eigenvalue weighted by Gasteiger charge is -2.38. The molecule has 33 heavy (non-hydrogen) atoms. The molecule has 4 heterocycles. The molecule has 170 valence electrons. The van der Waals surface area contributed by atoms with Crippen LogP contribution in [0, 0.1) is 0 Å². The van der Waals surface area contributed by atoms with Crippen molar-refractivity contribution in [3.63, 3.8) is 0 Å². The molecule has 2 fully saturated rings. The summed E-state index contributed by atoms with van der Waals surface area (Å²) < 4.78 is 17.7. The van der Waals surface area contributed by atoms with E-state index in [-0.39, 0.29) is 12.5 Å². The Morgan fingerprint density at radius 3 is 2.64 bits per heavy atom. The number of carbonyl (C=O) groups is 1. The number of fused-ring (bicyclic) bond motifs is 2. The SMILES string of the molecule is O=C(COc1cccc2ccc(N3CCC4(CC3)OCCO4)nc12)N1CCc2ccccc21. The summed E-state index contributed by atoms with van der Waals surface area (Å²) in [6.07, 6.45) is 2.54. The van der Waals surface area contributed by atoms with E-state index in [1.54, 1.807) is 0 Å². The minimum atomic E-state index is -0.407. The van der Waals surface area contributed by atoms with Crippen molar-refractivity contribution in [3.8, 4) is 5.75 Å². The van der Waals surface area contributed by atoms with Gasteiger partial charge in [-0.2, -0.15) is 0 Å². The van der Waals surface area contributed by atoms with Gasteiger partial charge in [0, 0.05) is 43.5 Å². The number of hydrogen-bond donors (Lipinski definition) is 0. The maximum atomic E-state index is 12.9. The molecule has 2 aromatic carbocycles. The van der Waals surface area contributed by atoms with Crippen molar-refractivity contribution >= 4 is 28.3 Å². The third kappa shape index (κ3) is 3.81. The Labute approximate surface area is 192 Å². The van der Waals surface area contributed by atoms with Gasteiger partial charge < -0.3 is 24.0 Å². The maximum absolute atomic E-state index is 12.9. The lowest BCUT2D eigenvalue weighted by Crippen LogP contribution is -2.45. The van der Waals surface area contributed by atoms with Crippen LogP contribution in [0.2, 0.25) is 0 Å². The summed E-state index contributed by atoms with van der Waals surface area (Å²) in [5.74, 6) is 1.10. The third-order valence-electron chi connectivity index (χ3n) is 6.87. The first kappa shape index (κ1) is 20.4. The Bertz CT molecular complexity index is 1180. The van der Waals surface area contributed by atoms with Crippen molar-refractivity contribution in [1.82, 2.24) is 4.98 Å². The fourth-order valence-electron chi connectivity index (χ4n) is 5.08. The average molecular weight is 446 g/mol. The van der Waals surface area contributed by atoms with Gasteiger partial charge in [0.2, 0.25) is 0 Å². The molecule has 3 aromatic rings. The van der Waals surface area contributed by atoms with Crippen LogP contribution in [0.25, 0.3) is 10.9 Å². The van der Waals surface area contributed by atoms with E-state index < -0.39 is 5.79 Å². The van der Waals surface area contributed by atoms with Gasteiger partial charge in [0.25, 0.3) is 5.91 Å². The first-order chi connectivity index (χ1) is 16.2. The van der Waals surface area contributed by atoms with Gasteiger partial charge in [0.15, 0.2) is 12.4 Å². The van der Waals surface area contributed by atoms with Crippen molar-refractivity contribution in [3.05, 3.63) is 60.2 Å². The van der Waals surface area contributed by atoms with Crippen molar-refractivity contribution in [2.45, 2.75) is 25.0 Å². The lowest BCUT2D eigenvalue weighted by molar-refractivity contribution is -0.169. The summed E-state index contributed by atoms with van der Waals surface area (Å²) in [6, 6.07) is 18.0. The highest BCUT2D eigenvalue weighted by atomic mass is 16.7. The molecule has 0 aliphatic carbocycles. The molecule has 1 amide bonds. The molecule has 0 radical (unpaired) electrons. The molecule has 1 spiro atoms. The summed E-state index contributed by atoms with van der Waals surface area (Å²) in [5.41, 5.74) is 2.97. The van der Waals surface area contributed by atoms with Crippen molar-refractivity contribution in [1.29, 1.82) is 0 Å². The predicted octanol–water partition coefficient (Wildman–Crippen LogP) is 3.55. The van der Waals surface area contributed by atoms with Crippen LogP contribution in [0.1, 0.15) is 18.4 Å². The van der Waals surface area contributed by atoms with Crippen molar-refractivity contribution in [2.75, 3.05) is 49.3 Å². The van der Waals surface area contributed by atoms with Crippen LogP contribution < -0.4 is 14.5 Å². The zero-order valence-corrected chi connectivity index (χ0v) is 18.5. The summed E-state index contributed by atoms with van der Waals surface area (Å²) >= 11 is 0.